The highest BCUT2D eigenvalue weighted by atomic mass is 16.5. The van der Waals surface area contributed by atoms with Gasteiger partial charge in [0.2, 0.25) is 5.95 Å². The molecule has 1 unspecified atom stereocenters. The van der Waals surface area contributed by atoms with Crippen LogP contribution in [0.15, 0.2) is 24.3 Å². The lowest BCUT2D eigenvalue weighted by Crippen LogP contribution is -2.42. The summed E-state index contributed by atoms with van der Waals surface area (Å²) in [7, 11) is 1.97. The van der Waals surface area contributed by atoms with Crippen LogP contribution in [0.5, 0.6) is 0 Å². The van der Waals surface area contributed by atoms with E-state index in [-0.39, 0.29) is 37.9 Å². The summed E-state index contributed by atoms with van der Waals surface area (Å²) >= 11 is 0. The summed E-state index contributed by atoms with van der Waals surface area (Å²) in [5.74, 6) is -0.0478. The normalized spacial score (nSPS) is 14.7. The Morgan fingerprint density at radius 1 is 1.14 bits per heavy atom. The van der Waals surface area contributed by atoms with Crippen molar-refractivity contribution in [3.8, 4) is 0 Å². The number of carbonyl (C=O) groups excluding carboxylic acids is 3. The van der Waals surface area contributed by atoms with Gasteiger partial charge in [-0.15, -0.1) is 0 Å². The Balaban J connectivity index is 1.57. The number of hydrogen-bond acceptors (Lipinski definition) is 11. The van der Waals surface area contributed by atoms with Crippen molar-refractivity contribution in [1.82, 2.24) is 15.3 Å². The third-order valence-corrected chi connectivity index (χ3v) is 6.12. The second kappa shape index (κ2) is 12.7. The van der Waals surface area contributed by atoms with Crippen LogP contribution in [0.1, 0.15) is 54.9 Å². The molecule has 3 rings (SSSR count). The van der Waals surface area contributed by atoms with E-state index in [9.17, 15) is 14.4 Å². The molecule has 0 spiro atoms. The van der Waals surface area contributed by atoms with E-state index in [4.69, 9.17) is 20.9 Å². The van der Waals surface area contributed by atoms with Crippen LogP contribution in [-0.2, 0) is 19.1 Å². The number of benzene rings is 1. The van der Waals surface area contributed by atoms with Crippen molar-refractivity contribution >= 4 is 41.1 Å². The van der Waals surface area contributed by atoms with Crippen LogP contribution >= 0.6 is 0 Å². The molecule has 2 aromatic rings. The van der Waals surface area contributed by atoms with Crippen molar-refractivity contribution in [2.45, 2.75) is 45.1 Å². The summed E-state index contributed by atoms with van der Waals surface area (Å²) in [4.78, 5) is 47.2. The molecular weight excluding hydrogens is 478 g/mol. The zero-order valence-corrected chi connectivity index (χ0v) is 21.5. The van der Waals surface area contributed by atoms with E-state index in [2.05, 4.69) is 25.5 Å². The zero-order chi connectivity index (χ0) is 26.9. The van der Waals surface area contributed by atoms with Crippen LogP contribution in [0.2, 0.25) is 0 Å². The highest BCUT2D eigenvalue weighted by Crippen LogP contribution is 2.36. The number of nitrogen functional groups attached to an aromatic ring is 2. The lowest BCUT2D eigenvalue weighted by molar-refractivity contribution is -0.146. The minimum atomic E-state index is -0.950. The Morgan fingerprint density at radius 3 is 2.51 bits per heavy atom. The Morgan fingerprint density at radius 2 is 1.84 bits per heavy atom. The number of anilines is 4. The number of nitrogens with two attached hydrogens (primary N) is 2. The topological polar surface area (TPSA) is 175 Å². The molecule has 1 aromatic heterocycles. The fraction of sp³-hybridized carbons (Fsp3) is 0.480. The summed E-state index contributed by atoms with van der Waals surface area (Å²) in [5.41, 5.74) is 14.0. The molecule has 0 bridgehead atoms. The van der Waals surface area contributed by atoms with E-state index in [1.807, 2.05) is 19.2 Å². The van der Waals surface area contributed by atoms with Crippen LogP contribution in [-0.4, -0.2) is 67.2 Å². The molecule has 12 heteroatoms. The van der Waals surface area contributed by atoms with E-state index in [0.29, 0.717) is 23.7 Å². The van der Waals surface area contributed by atoms with E-state index >= 15 is 0 Å². The van der Waals surface area contributed by atoms with E-state index < -0.39 is 23.9 Å². The van der Waals surface area contributed by atoms with Gasteiger partial charge in [0.05, 0.1) is 13.2 Å². The molecule has 1 amide bonds. The van der Waals surface area contributed by atoms with Gasteiger partial charge in [0.25, 0.3) is 5.91 Å². The molecule has 2 heterocycles. The van der Waals surface area contributed by atoms with Crippen LogP contribution in [0.25, 0.3) is 0 Å². The molecule has 2 atom stereocenters. The lowest BCUT2D eigenvalue weighted by Gasteiger charge is -2.22. The summed E-state index contributed by atoms with van der Waals surface area (Å²) in [6.07, 6.45) is 0.900. The standard InChI is InChI=1S/C25H35N7O5/c1-4-36-19(33)11-10-18(24(35)37-5-2)29-23(34)15-6-8-17(9-7-15)32(3)13-12-16-14-28-22-20(16)21(26)30-25(27)31-22/h6-9,16,18H,4-5,10-14H2,1-3H3,(H,29,34)(H5,26,27,28,30,31)/t16?,18-/m0/s1. The monoisotopic (exact) mass is 513 g/mol. The number of amides is 1. The van der Waals surface area contributed by atoms with Gasteiger partial charge in [-0.25, -0.2) is 4.79 Å². The van der Waals surface area contributed by atoms with Crippen molar-refractivity contribution in [3.05, 3.63) is 35.4 Å². The Bertz CT molecular complexity index is 1110. The summed E-state index contributed by atoms with van der Waals surface area (Å²) in [6, 6.07) is 6.11. The minimum absolute atomic E-state index is 0.00647. The maximum absolute atomic E-state index is 12.8. The average Bonchev–Trinajstić information content (AvgIpc) is 3.28. The van der Waals surface area contributed by atoms with Gasteiger partial charge in [0.1, 0.15) is 17.7 Å². The second-order valence-corrected chi connectivity index (χ2v) is 8.69. The minimum Gasteiger partial charge on any atom is -0.466 e. The largest absolute Gasteiger partial charge is 0.466 e. The molecule has 1 aliphatic rings. The van der Waals surface area contributed by atoms with Crippen molar-refractivity contribution in [3.63, 3.8) is 0 Å². The first kappa shape index (κ1) is 27.5. The molecule has 37 heavy (non-hydrogen) atoms. The van der Waals surface area contributed by atoms with Crippen LogP contribution in [0.4, 0.5) is 23.3 Å². The zero-order valence-electron chi connectivity index (χ0n) is 21.5. The molecule has 1 aliphatic heterocycles. The van der Waals surface area contributed by atoms with Crippen LogP contribution in [0, 0.1) is 0 Å². The number of rotatable bonds is 12. The number of carbonyl (C=O) groups is 3. The predicted molar refractivity (Wildman–Crippen MR) is 140 cm³/mol. The van der Waals surface area contributed by atoms with Gasteiger partial charge in [-0.2, -0.15) is 9.97 Å². The van der Waals surface area contributed by atoms with Gasteiger partial charge in [0.15, 0.2) is 0 Å². The molecule has 6 N–H and O–H groups in total. The number of hydrogen-bond donors (Lipinski definition) is 4. The molecule has 0 fully saturated rings. The number of nitrogens with one attached hydrogen (secondary N) is 2. The number of esters is 2. The van der Waals surface area contributed by atoms with Gasteiger partial charge < -0.3 is 36.5 Å². The van der Waals surface area contributed by atoms with Gasteiger partial charge >= 0.3 is 11.9 Å². The van der Waals surface area contributed by atoms with Gasteiger partial charge in [-0.1, -0.05) is 0 Å². The number of nitrogens with zero attached hydrogens (tertiary/aromatic N) is 3. The molecule has 0 aliphatic carbocycles. The maximum Gasteiger partial charge on any atom is 0.328 e. The first-order valence-electron chi connectivity index (χ1n) is 12.3. The smallest absolute Gasteiger partial charge is 0.328 e. The van der Waals surface area contributed by atoms with Crippen molar-refractivity contribution in [1.29, 1.82) is 0 Å². The predicted octanol–water partition coefficient (Wildman–Crippen LogP) is 1.68. The highest BCUT2D eigenvalue weighted by Gasteiger charge is 2.28. The Labute approximate surface area is 216 Å². The molecule has 0 saturated heterocycles. The van der Waals surface area contributed by atoms with Gasteiger partial charge in [-0.3, -0.25) is 9.59 Å². The third kappa shape index (κ3) is 7.21. The maximum atomic E-state index is 12.8. The number of ether oxygens (including phenoxy) is 2. The molecule has 200 valence electrons. The van der Waals surface area contributed by atoms with E-state index in [1.165, 1.54) is 0 Å². The second-order valence-electron chi connectivity index (χ2n) is 8.69. The molecule has 12 nitrogen and oxygen atoms in total. The molecule has 0 saturated carbocycles. The fourth-order valence-electron chi connectivity index (χ4n) is 4.18. The SMILES string of the molecule is CCOC(=O)CC[C@H](NC(=O)c1ccc(N(C)CCC2CNc3nc(N)nc(N)c32)cc1)C(=O)OCC. The Kier molecular flexibility index (Phi) is 9.47. The van der Waals surface area contributed by atoms with E-state index in [1.54, 1.807) is 26.0 Å². The van der Waals surface area contributed by atoms with E-state index in [0.717, 1.165) is 24.2 Å². The average molecular weight is 514 g/mol. The van der Waals surface area contributed by atoms with Crippen LogP contribution < -0.4 is 27.0 Å². The Hall–Kier alpha value is -4.09. The van der Waals surface area contributed by atoms with Gasteiger partial charge in [-0.05, 0) is 51.0 Å². The summed E-state index contributed by atoms with van der Waals surface area (Å²) in [5, 5.41) is 5.91. The number of fused-ring (bicyclic) bond motifs is 1. The summed E-state index contributed by atoms with van der Waals surface area (Å²) < 4.78 is 9.96. The molecule has 1 aromatic carbocycles. The van der Waals surface area contributed by atoms with Crippen LogP contribution in [0.3, 0.4) is 0 Å². The highest BCUT2D eigenvalue weighted by molar-refractivity contribution is 5.97. The molecule has 0 radical (unpaired) electrons. The van der Waals surface area contributed by atoms with Crippen molar-refractivity contribution < 1.29 is 23.9 Å². The first-order valence-corrected chi connectivity index (χ1v) is 12.3. The summed E-state index contributed by atoms with van der Waals surface area (Å²) in [6.45, 7) is 5.25. The van der Waals surface area contributed by atoms with Crippen molar-refractivity contribution in [2.24, 2.45) is 0 Å². The fourth-order valence-corrected chi connectivity index (χ4v) is 4.18. The lowest BCUT2D eigenvalue weighted by atomic mass is 9.99. The quantitative estimate of drug-likeness (QED) is 0.304. The number of aromatic nitrogens is 2. The molecular formula is C25H35N7O5. The van der Waals surface area contributed by atoms with Gasteiger partial charge in [0, 0.05) is 49.3 Å². The van der Waals surface area contributed by atoms with Crippen molar-refractivity contribution in [2.75, 3.05) is 55.0 Å². The first-order chi connectivity index (χ1) is 17.7. The third-order valence-electron chi connectivity index (χ3n) is 6.12.